The summed E-state index contributed by atoms with van der Waals surface area (Å²) in [6.45, 7) is 4.25. The van der Waals surface area contributed by atoms with E-state index in [9.17, 15) is 0 Å². The van der Waals surface area contributed by atoms with E-state index in [1.54, 1.807) is 46.7 Å². The zero-order valence-electron chi connectivity index (χ0n) is 42.6. The van der Waals surface area contributed by atoms with Crippen molar-refractivity contribution in [2.45, 2.75) is 13.8 Å². The summed E-state index contributed by atoms with van der Waals surface area (Å²) in [5.41, 5.74) is 1.79. The maximum Gasteiger partial charge on any atom is -0.0771 e. The molecular formula is C70H56Cl2Si2Zr2-2. The molecule has 0 atom stereocenters. The van der Waals surface area contributed by atoms with Crippen molar-refractivity contribution in [1.82, 2.24) is 0 Å². The van der Waals surface area contributed by atoms with E-state index in [0.29, 0.717) is 0 Å². The van der Waals surface area contributed by atoms with E-state index in [1.165, 1.54) is 96.5 Å². The Morgan fingerprint density at radius 1 is 0.250 bits per heavy atom. The predicted molar refractivity (Wildman–Crippen MR) is 318 cm³/mol. The third-order valence-electron chi connectivity index (χ3n) is 12.8. The quantitative estimate of drug-likeness (QED) is 0.122. The summed E-state index contributed by atoms with van der Waals surface area (Å²) in [7, 11) is 0. The molecular weight excluding hydrogens is 1150 g/mol. The molecule has 0 aliphatic carbocycles. The summed E-state index contributed by atoms with van der Waals surface area (Å²) in [4.78, 5) is 0. The van der Waals surface area contributed by atoms with Crippen LogP contribution in [0.25, 0.3) is 64.6 Å². The molecule has 0 aromatic heterocycles. The van der Waals surface area contributed by atoms with Crippen LogP contribution >= 0.6 is 0 Å². The van der Waals surface area contributed by atoms with Gasteiger partial charge in [-0.1, -0.05) is 98.8 Å². The van der Waals surface area contributed by atoms with Crippen molar-refractivity contribution in [1.29, 1.82) is 0 Å². The first-order chi connectivity index (χ1) is 36.4. The average molecular weight is 1210 g/mol. The van der Waals surface area contributed by atoms with Gasteiger partial charge in [0.1, 0.15) is 0 Å². The SMILES string of the molecule is Cc1cc2ccccc2[cH-]1.Cc1cc2ccccc2[cH-]1.[Cl-].[Cl-].[Zr+2]=[Si](c1ccccc1)c1ccccc1.[Zr+2]=[Si](c1ccccc1)c1ccccc1.c1ccc2c(c1)[cH-]c1ccccc12.c1ccc2c(c1)[cH-]c1ccccc12. The molecule has 0 radical (unpaired) electrons. The van der Waals surface area contributed by atoms with Crippen LogP contribution in [0.15, 0.2) is 303 Å². The standard InChI is InChI=1S/2C13H9.2C12H10Si.2C10H9.2ClH.2Zr/c2*1-3-7-12-10(5-1)9-11-6-2-4-8-13(11)12;2*1-3-7-11(8-4-1)13-12-9-5-2-6-10-12;2*1-8-6-9-4-2-3-5-10(9)7-8;;;;/h2*1-9H;2*1-10H;2*2-7H,1H3;2*1H;;/q2*-1;;;2*-1;;;2*+2/p-2. The fraction of sp³-hybridized carbons (Fsp3) is 0.0286. The van der Waals surface area contributed by atoms with Crippen molar-refractivity contribution >= 4 is 96.2 Å². The number of hydrogen-bond donors (Lipinski definition) is 0. The Kier molecular flexibility index (Phi) is 22.3. The zero-order chi connectivity index (χ0) is 50.9. The first kappa shape index (κ1) is 57.6. The Bertz CT molecular complexity index is 3510. The number of hydrogen-bond acceptors (Lipinski definition) is 0. The molecule has 0 N–H and O–H groups in total. The fourth-order valence-electron chi connectivity index (χ4n) is 9.17. The van der Waals surface area contributed by atoms with Gasteiger partial charge in [-0.25, -0.2) is 0 Å². The number of aryl methyl sites for hydroxylation is 2. The summed E-state index contributed by atoms with van der Waals surface area (Å²) in [5.74, 6) is 0. The van der Waals surface area contributed by atoms with E-state index >= 15 is 0 Å². The molecule has 14 aromatic rings. The smallest absolute Gasteiger partial charge is 0.0771 e. The average Bonchev–Trinajstić information content (AvgIpc) is 4.26. The molecule has 76 heavy (non-hydrogen) atoms. The monoisotopic (exact) mass is 1200 g/mol. The second-order valence-electron chi connectivity index (χ2n) is 18.2. The van der Waals surface area contributed by atoms with Crippen LogP contribution in [0.3, 0.4) is 0 Å². The molecule has 0 nitrogen and oxygen atoms in total. The Morgan fingerprint density at radius 2 is 0.461 bits per heavy atom. The van der Waals surface area contributed by atoms with E-state index in [0.717, 1.165) is 0 Å². The number of benzene rings is 10. The van der Waals surface area contributed by atoms with Gasteiger partial charge in [0, 0.05) is 0 Å². The molecule has 0 saturated carbocycles. The largest absolute Gasteiger partial charge is 0.126 e. The summed E-state index contributed by atoms with van der Waals surface area (Å²) < 4.78 is 0. The van der Waals surface area contributed by atoms with E-state index in [4.69, 9.17) is 0 Å². The summed E-state index contributed by atoms with van der Waals surface area (Å²) in [5, 5.41) is 22.2. The first-order valence-corrected chi connectivity index (χ1v) is 35.4. The molecule has 0 aliphatic rings. The normalized spacial score (nSPS) is 10.2. The maximum absolute atomic E-state index is 2.25. The fourth-order valence-corrected chi connectivity index (χ4v) is 16.9. The van der Waals surface area contributed by atoms with Gasteiger partial charge in [0.25, 0.3) is 0 Å². The zero-order valence-corrected chi connectivity index (χ0v) is 51.1. The van der Waals surface area contributed by atoms with Crippen LogP contribution in [0.5, 0.6) is 0 Å². The summed E-state index contributed by atoms with van der Waals surface area (Å²) in [6.07, 6.45) is 0. The minimum absolute atomic E-state index is 0. The number of rotatable bonds is 4. The molecule has 6 heteroatoms. The first-order valence-electron chi connectivity index (χ1n) is 25.1. The van der Waals surface area contributed by atoms with Crippen molar-refractivity contribution in [3.8, 4) is 0 Å². The van der Waals surface area contributed by atoms with Gasteiger partial charge in [-0.3, -0.25) is 0 Å². The second-order valence-corrected chi connectivity index (χ2v) is 29.4. The van der Waals surface area contributed by atoms with E-state index in [1.807, 2.05) is 0 Å². The van der Waals surface area contributed by atoms with Gasteiger partial charge >= 0.3 is 200 Å². The van der Waals surface area contributed by atoms with Crippen LogP contribution < -0.4 is 45.6 Å². The molecule has 0 amide bonds. The maximum atomic E-state index is 2.25. The summed E-state index contributed by atoms with van der Waals surface area (Å²) >= 11 is 3.29. The van der Waals surface area contributed by atoms with Crippen LogP contribution in [0.2, 0.25) is 0 Å². The van der Waals surface area contributed by atoms with Crippen LogP contribution in [0, 0.1) is 13.8 Å². The van der Waals surface area contributed by atoms with E-state index in [-0.39, 0.29) is 24.8 Å². The molecule has 0 unspecified atom stereocenters. The molecule has 14 rings (SSSR count). The second kappa shape index (κ2) is 29.5. The number of halogens is 2. The van der Waals surface area contributed by atoms with Crippen LogP contribution in [0.4, 0.5) is 0 Å². The third kappa shape index (κ3) is 15.5. The minimum Gasteiger partial charge on any atom is -0.126 e. The van der Waals surface area contributed by atoms with Crippen LogP contribution in [-0.4, -0.2) is 10.9 Å². The molecule has 0 aliphatic heterocycles. The van der Waals surface area contributed by atoms with E-state index in [2.05, 4.69) is 317 Å². The van der Waals surface area contributed by atoms with Gasteiger partial charge in [-0.15, -0.1) is 161 Å². The molecule has 0 bridgehead atoms. The Balaban J connectivity index is 0.000000133. The van der Waals surface area contributed by atoms with Gasteiger partial charge in [-0.05, 0) is 0 Å². The van der Waals surface area contributed by atoms with Gasteiger partial charge in [0.15, 0.2) is 0 Å². The van der Waals surface area contributed by atoms with E-state index < -0.39 is 10.9 Å². The predicted octanol–water partition coefficient (Wildman–Crippen LogP) is 9.84. The Hall–Kier alpha value is -6.06. The van der Waals surface area contributed by atoms with Crippen molar-refractivity contribution in [2.24, 2.45) is 0 Å². The molecule has 0 fully saturated rings. The van der Waals surface area contributed by atoms with Crippen molar-refractivity contribution in [3.63, 3.8) is 0 Å². The van der Waals surface area contributed by atoms with Crippen molar-refractivity contribution in [3.05, 3.63) is 314 Å². The Morgan fingerprint density at radius 3 is 0.711 bits per heavy atom. The molecule has 0 spiro atoms. The van der Waals surface area contributed by atoms with Crippen molar-refractivity contribution in [2.75, 3.05) is 0 Å². The third-order valence-corrected chi connectivity index (χ3v) is 25.0. The molecule has 368 valence electrons. The molecule has 14 aromatic carbocycles. The van der Waals surface area contributed by atoms with Crippen molar-refractivity contribution < 1.29 is 71.5 Å². The number of fused-ring (bicyclic) bond motifs is 8. The van der Waals surface area contributed by atoms with Gasteiger partial charge < -0.3 is 24.8 Å². The van der Waals surface area contributed by atoms with Gasteiger partial charge in [-0.2, -0.15) is 12.1 Å². The van der Waals surface area contributed by atoms with Crippen LogP contribution in [-0.2, 0) is 46.7 Å². The van der Waals surface area contributed by atoms with Gasteiger partial charge in [0.2, 0.25) is 0 Å². The van der Waals surface area contributed by atoms with Crippen LogP contribution in [0.1, 0.15) is 11.1 Å². The molecule has 0 saturated heterocycles. The minimum atomic E-state index is -0.455. The summed E-state index contributed by atoms with van der Waals surface area (Å²) in [6, 6.07) is 108. The topological polar surface area (TPSA) is 0 Å². The van der Waals surface area contributed by atoms with Gasteiger partial charge in [0.05, 0.1) is 0 Å². The molecule has 0 heterocycles. The Labute approximate surface area is 491 Å².